The van der Waals surface area contributed by atoms with Crippen LogP contribution in [0.15, 0.2) is 34.7 Å². The highest BCUT2D eigenvalue weighted by molar-refractivity contribution is 5.87. The second-order valence-electron chi connectivity index (χ2n) is 3.40. The van der Waals surface area contributed by atoms with E-state index in [1.54, 1.807) is 24.3 Å². The number of phenols is 1. The van der Waals surface area contributed by atoms with Gasteiger partial charge in [-0.3, -0.25) is 0 Å². The lowest BCUT2D eigenvalue weighted by Crippen LogP contribution is -1.98. The number of hydrogen-bond acceptors (Lipinski definition) is 5. The average molecular weight is 233 g/mol. The van der Waals surface area contributed by atoms with Crippen LogP contribution in [0, 0.1) is 0 Å². The van der Waals surface area contributed by atoms with Crippen molar-refractivity contribution < 1.29 is 19.1 Å². The Balaban J connectivity index is 2.44. The molecule has 0 bridgehead atoms. The third-order valence-electron chi connectivity index (χ3n) is 2.33. The zero-order chi connectivity index (χ0) is 12.4. The number of nitrogens with two attached hydrogens (primary N) is 1. The molecule has 88 valence electrons. The number of benzene rings is 1. The Bertz CT molecular complexity index is 559. The molecule has 0 aliphatic rings. The van der Waals surface area contributed by atoms with E-state index in [2.05, 4.69) is 4.74 Å². The molecular weight excluding hydrogens is 222 g/mol. The summed E-state index contributed by atoms with van der Waals surface area (Å²) in [5, 5.41) is 9.75. The second kappa shape index (κ2) is 4.21. The molecule has 0 aliphatic carbocycles. The number of hydrogen-bond donors (Lipinski definition) is 2. The van der Waals surface area contributed by atoms with Crippen molar-refractivity contribution in [2.24, 2.45) is 0 Å². The highest BCUT2D eigenvalue weighted by Gasteiger charge is 2.15. The Kier molecular flexibility index (Phi) is 2.74. The molecule has 3 N–H and O–H groups in total. The minimum Gasteiger partial charge on any atom is -0.505 e. The third kappa shape index (κ3) is 1.94. The summed E-state index contributed by atoms with van der Waals surface area (Å²) in [6.07, 6.45) is 0. The number of furan rings is 1. The third-order valence-corrected chi connectivity index (χ3v) is 2.33. The second-order valence-corrected chi connectivity index (χ2v) is 3.40. The monoisotopic (exact) mass is 233 g/mol. The maximum absolute atomic E-state index is 11.2. The van der Waals surface area contributed by atoms with Crippen LogP contribution in [0.3, 0.4) is 0 Å². The first kappa shape index (κ1) is 11.1. The SMILES string of the molecule is COC(=O)c1ccc(-c2cccc(N)c2O)o1. The first-order valence-electron chi connectivity index (χ1n) is 4.89. The summed E-state index contributed by atoms with van der Waals surface area (Å²) in [4.78, 5) is 11.2. The molecule has 0 amide bonds. The number of esters is 1. The Morgan fingerprint density at radius 3 is 2.82 bits per heavy atom. The molecule has 17 heavy (non-hydrogen) atoms. The summed E-state index contributed by atoms with van der Waals surface area (Å²) in [6.45, 7) is 0. The van der Waals surface area contributed by atoms with Crippen molar-refractivity contribution in [1.82, 2.24) is 0 Å². The maximum Gasteiger partial charge on any atom is 0.373 e. The number of phenolic OH excluding ortho intramolecular Hbond substituents is 1. The lowest BCUT2D eigenvalue weighted by molar-refractivity contribution is 0.0566. The number of anilines is 1. The predicted octanol–water partition coefficient (Wildman–Crippen LogP) is 2.02. The molecule has 1 aromatic carbocycles. The number of aromatic hydroxyl groups is 1. The zero-order valence-electron chi connectivity index (χ0n) is 9.14. The van der Waals surface area contributed by atoms with Crippen molar-refractivity contribution in [2.45, 2.75) is 0 Å². The van der Waals surface area contributed by atoms with E-state index in [9.17, 15) is 9.90 Å². The first-order chi connectivity index (χ1) is 8.13. The molecule has 2 aromatic rings. The number of nitrogen functional groups attached to an aromatic ring is 1. The van der Waals surface area contributed by atoms with Crippen LogP contribution in [0.2, 0.25) is 0 Å². The Labute approximate surface area is 97.4 Å². The van der Waals surface area contributed by atoms with Crippen molar-refractivity contribution in [3.63, 3.8) is 0 Å². The number of methoxy groups -OCH3 is 1. The Morgan fingerprint density at radius 1 is 1.35 bits per heavy atom. The summed E-state index contributed by atoms with van der Waals surface area (Å²) in [5.74, 6) is -0.211. The molecule has 0 saturated heterocycles. The van der Waals surface area contributed by atoms with Crippen molar-refractivity contribution in [1.29, 1.82) is 0 Å². The minimum atomic E-state index is -0.570. The molecule has 0 spiro atoms. The summed E-state index contributed by atoms with van der Waals surface area (Å²) < 4.78 is 9.79. The molecule has 1 heterocycles. The van der Waals surface area contributed by atoms with Gasteiger partial charge in [0.15, 0.2) is 0 Å². The van der Waals surface area contributed by atoms with Crippen LogP contribution < -0.4 is 5.73 Å². The van der Waals surface area contributed by atoms with Gasteiger partial charge in [-0.15, -0.1) is 0 Å². The van der Waals surface area contributed by atoms with Crippen molar-refractivity contribution >= 4 is 11.7 Å². The molecule has 0 fully saturated rings. The summed E-state index contributed by atoms with van der Waals surface area (Å²) >= 11 is 0. The normalized spacial score (nSPS) is 10.2. The van der Waals surface area contributed by atoms with Crippen molar-refractivity contribution in [3.05, 3.63) is 36.1 Å². The summed E-state index contributed by atoms with van der Waals surface area (Å²) in [6, 6.07) is 7.95. The maximum atomic E-state index is 11.2. The standard InChI is InChI=1S/C12H11NO4/c1-16-12(15)10-6-5-9(17-10)7-3-2-4-8(13)11(7)14/h2-6,14H,13H2,1H3. The number of rotatable bonds is 2. The van der Waals surface area contributed by atoms with E-state index < -0.39 is 5.97 Å². The van der Waals surface area contributed by atoms with Gasteiger partial charge in [0.05, 0.1) is 18.4 Å². The quantitative estimate of drug-likeness (QED) is 0.471. The molecule has 0 atom stereocenters. The van der Waals surface area contributed by atoms with E-state index in [1.165, 1.54) is 13.2 Å². The zero-order valence-corrected chi connectivity index (χ0v) is 9.14. The van der Waals surface area contributed by atoms with Crippen LogP contribution >= 0.6 is 0 Å². The number of para-hydroxylation sites is 1. The Morgan fingerprint density at radius 2 is 2.12 bits per heavy atom. The van der Waals surface area contributed by atoms with Crippen LogP contribution in [0.5, 0.6) is 5.75 Å². The molecule has 5 heteroatoms. The lowest BCUT2D eigenvalue weighted by Gasteiger charge is -2.03. The van der Waals surface area contributed by atoms with Gasteiger partial charge in [0.1, 0.15) is 11.5 Å². The molecule has 5 nitrogen and oxygen atoms in total. The van der Waals surface area contributed by atoms with E-state index in [0.29, 0.717) is 11.3 Å². The summed E-state index contributed by atoms with van der Waals surface area (Å²) in [7, 11) is 1.27. The van der Waals surface area contributed by atoms with Gasteiger partial charge in [-0.2, -0.15) is 0 Å². The van der Waals surface area contributed by atoms with E-state index in [4.69, 9.17) is 10.2 Å². The van der Waals surface area contributed by atoms with Gasteiger partial charge in [-0.1, -0.05) is 6.07 Å². The minimum absolute atomic E-state index is 0.0711. The molecule has 0 aliphatic heterocycles. The van der Waals surface area contributed by atoms with Gasteiger partial charge < -0.3 is 20.0 Å². The highest BCUT2D eigenvalue weighted by atomic mass is 16.5. The smallest absolute Gasteiger partial charge is 0.373 e. The lowest BCUT2D eigenvalue weighted by atomic mass is 10.1. The first-order valence-corrected chi connectivity index (χ1v) is 4.89. The molecule has 0 unspecified atom stereocenters. The topological polar surface area (TPSA) is 85.7 Å². The van der Waals surface area contributed by atoms with Crippen LogP contribution in [-0.4, -0.2) is 18.2 Å². The number of carbonyl (C=O) groups is 1. The van der Waals surface area contributed by atoms with Crippen LogP contribution in [-0.2, 0) is 4.74 Å². The largest absolute Gasteiger partial charge is 0.505 e. The molecule has 0 radical (unpaired) electrons. The van der Waals surface area contributed by atoms with E-state index >= 15 is 0 Å². The van der Waals surface area contributed by atoms with E-state index in [1.807, 2.05) is 0 Å². The van der Waals surface area contributed by atoms with Gasteiger partial charge in [-0.25, -0.2) is 4.79 Å². The van der Waals surface area contributed by atoms with Crippen molar-refractivity contribution in [3.8, 4) is 17.1 Å². The van der Waals surface area contributed by atoms with E-state index in [-0.39, 0.29) is 17.2 Å². The van der Waals surface area contributed by atoms with Gasteiger partial charge in [-0.05, 0) is 24.3 Å². The van der Waals surface area contributed by atoms with Crippen LogP contribution in [0.4, 0.5) is 5.69 Å². The van der Waals surface area contributed by atoms with Gasteiger partial charge in [0.2, 0.25) is 5.76 Å². The van der Waals surface area contributed by atoms with E-state index in [0.717, 1.165) is 0 Å². The molecule has 1 aromatic heterocycles. The number of carbonyl (C=O) groups excluding carboxylic acids is 1. The molecule has 2 rings (SSSR count). The molecule has 0 saturated carbocycles. The van der Waals surface area contributed by atoms with Crippen molar-refractivity contribution in [2.75, 3.05) is 12.8 Å². The Hall–Kier alpha value is -2.43. The average Bonchev–Trinajstić information content (AvgIpc) is 2.81. The summed E-state index contributed by atoms with van der Waals surface area (Å²) in [5.41, 5.74) is 6.25. The van der Waals surface area contributed by atoms with Crippen LogP contribution in [0.1, 0.15) is 10.6 Å². The van der Waals surface area contributed by atoms with Gasteiger partial charge in [0.25, 0.3) is 0 Å². The predicted molar refractivity (Wildman–Crippen MR) is 61.6 cm³/mol. The van der Waals surface area contributed by atoms with Gasteiger partial charge in [0, 0.05) is 0 Å². The van der Waals surface area contributed by atoms with Gasteiger partial charge >= 0.3 is 5.97 Å². The fourth-order valence-electron chi connectivity index (χ4n) is 1.45. The fourth-order valence-corrected chi connectivity index (χ4v) is 1.45. The molecular formula is C12H11NO4. The van der Waals surface area contributed by atoms with Crippen LogP contribution in [0.25, 0.3) is 11.3 Å². The number of ether oxygens (including phenoxy) is 1. The fraction of sp³-hybridized carbons (Fsp3) is 0.0833. The highest BCUT2D eigenvalue weighted by Crippen LogP contribution is 2.34.